The number of anilines is 1. The van der Waals surface area contributed by atoms with Crippen LogP contribution in [0.15, 0.2) is 48.6 Å². The minimum absolute atomic E-state index is 0.151. The van der Waals surface area contributed by atoms with E-state index >= 15 is 0 Å². The molecule has 3 aliphatic rings. The molecule has 0 saturated heterocycles. The first-order chi connectivity index (χ1) is 20.5. The van der Waals surface area contributed by atoms with Gasteiger partial charge in [-0.15, -0.1) is 0 Å². The number of hydrogen-bond acceptors (Lipinski definition) is 5. The summed E-state index contributed by atoms with van der Waals surface area (Å²) in [5.74, 6) is -0.0996. The largest absolute Gasteiger partial charge is 0.389 e. The Morgan fingerprint density at radius 3 is 2.53 bits per heavy atom. The van der Waals surface area contributed by atoms with Gasteiger partial charge in [0.25, 0.3) is 5.91 Å². The van der Waals surface area contributed by atoms with E-state index in [1.807, 2.05) is 51.1 Å². The van der Waals surface area contributed by atoms with Crippen molar-refractivity contribution in [2.45, 2.75) is 89.9 Å². The number of aryl methyl sites for hydroxylation is 3. The summed E-state index contributed by atoms with van der Waals surface area (Å²) >= 11 is 6.36. The number of nitrogens with one attached hydrogen (secondary N) is 1. The monoisotopic (exact) mass is 626 g/mol. The number of aliphatic hydroxyl groups is 1. The zero-order chi connectivity index (χ0) is 30.7. The Morgan fingerprint density at radius 2 is 1.79 bits per heavy atom. The van der Waals surface area contributed by atoms with Gasteiger partial charge >= 0.3 is 0 Å². The molecule has 1 unspecified atom stereocenters. The molecule has 0 aromatic heterocycles. The molecule has 5 rings (SSSR count). The number of hydrogen-bond donors (Lipinski definition) is 2. The van der Waals surface area contributed by atoms with Crippen LogP contribution in [0.5, 0.6) is 0 Å². The highest BCUT2D eigenvalue weighted by Gasteiger charge is 2.37. The lowest BCUT2D eigenvalue weighted by molar-refractivity contribution is 0.0461. The number of nitrogens with zero attached hydrogens (tertiary/aromatic N) is 1. The third-order valence-corrected chi connectivity index (χ3v) is 12.0. The number of amides is 1. The van der Waals surface area contributed by atoms with E-state index in [9.17, 15) is 18.3 Å². The van der Waals surface area contributed by atoms with Crippen molar-refractivity contribution in [3.05, 3.63) is 75.8 Å². The van der Waals surface area contributed by atoms with E-state index in [1.165, 1.54) is 11.1 Å². The Morgan fingerprint density at radius 1 is 1.02 bits per heavy atom. The second-order valence-corrected chi connectivity index (χ2v) is 15.8. The lowest BCUT2D eigenvalue weighted by Crippen LogP contribution is -2.44. The quantitative estimate of drug-likeness (QED) is 0.361. The molecule has 2 N–H and O–H groups in total. The van der Waals surface area contributed by atoms with Crippen LogP contribution in [0.1, 0.15) is 86.3 Å². The van der Waals surface area contributed by atoms with Crippen LogP contribution in [0.4, 0.5) is 5.69 Å². The molecule has 2 aliphatic heterocycles. The van der Waals surface area contributed by atoms with E-state index in [0.717, 1.165) is 74.3 Å². The molecule has 2 bridgehead atoms. The molecule has 6 nitrogen and oxygen atoms in total. The lowest BCUT2D eigenvalue weighted by atomic mass is 9.70. The molecule has 1 aliphatic carbocycles. The number of benzene rings is 2. The Balaban J connectivity index is 1.54. The molecule has 1 saturated carbocycles. The maximum Gasteiger partial charge on any atom is 0.264 e. The number of aliphatic hydroxyl groups excluding tert-OH is 1. The Hall–Kier alpha value is -2.35. The van der Waals surface area contributed by atoms with Gasteiger partial charge in [0, 0.05) is 29.4 Å². The molecule has 0 radical (unpaired) electrons. The molecule has 2 aromatic rings. The summed E-state index contributed by atoms with van der Waals surface area (Å²) in [4.78, 5) is 16.0. The van der Waals surface area contributed by atoms with Crippen molar-refractivity contribution in [1.82, 2.24) is 4.72 Å². The number of sulfonamides is 1. The van der Waals surface area contributed by atoms with Gasteiger partial charge in [-0.3, -0.25) is 4.79 Å². The summed E-state index contributed by atoms with van der Waals surface area (Å²) in [5.41, 5.74) is 5.10. The predicted molar refractivity (Wildman–Crippen MR) is 175 cm³/mol. The molecule has 2 aromatic carbocycles. The Bertz CT molecular complexity index is 1440. The SMILES string of the molecule is CC(C)CC1[C@H](C)C/C=C/[C@H](O)[C@@H]2CC[C@H]2CN2CCCCc3cc(Cl)ccc3CCc3ccc(cc32)C(=O)NS1(=O)=O. The second-order valence-electron chi connectivity index (χ2n) is 13.4. The van der Waals surface area contributed by atoms with Crippen molar-refractivity contribution >= 4 is 33.2 Å². The van der Waals surface area contributed by atoms with Gasteiger partial charge in [-0.05, 0) is 122 Å². The lowest BCUT2D eigenvalue weighted by Gasteiger charge is -2.43. The number of rotatable bonds is 2. The van der Waals surface area contributed by atoms with Crippen molar-refractivity contribution in [2.24, 2.45) is 23.7 Å². The molecular formula is C35H47ClN2O4S. The van der Waals surface area contributed by atoms with Crippen LogP contribution in [0.25, 0.3) is 0 Å². The minimum Gasteiger partial charge on any atom is -0.389 e. The van der Waals surface area contributed by atoms with E-state index in [4.69, 9.17) is 11.6 Å². The molecular weight excluding hydrogens is 580 g/mol. The number of fused-ring (bicyclic) bond motifs is 3. The van der Waals surface area contributed by atoms with Gasteiger partial charge in [-0.25, -0.2) is 13.1 Å². The highest BCUT2D eigenvalue weighted by Crippen LogP contribution is 2.40. The van der Waals surface area contributed by atoms with Crippen molar-refractivity contribution in [3.8, 4) is 0 Å². The van der Waals surface area contributed by atoms with Crippen LogP contribution in [0, 0.1) is 23.7 Å². The molecule has 43 heavy (non-hydrogen) atoms. The fraction of sp³-hybridized carbons (Fsp3) is 0.571. The highest BCUT2D eigenvalue weighted by molar-refractivity contribution is 7.90. The minimum atomic E-state index is -3.94. The fourth-order valence-electron chi connectivity index (χ4n) is 7.15. The van der Waals surface area contributed by atoms with E-state index < -0.39 is 27.3 Å². The van der Waals surface area contributed by atoms with Gasteiger partial charge in [0.1, 0.15) is 0 Å². The molecule has 1 amide bonds. The normalized spacial score (nSPS) is 28.9. The summed E-state index contributed by atoms with van der Waals surface area (Å²) in [7, 11) is -3.94. The maximum atomic E-state index is 13.7. The van der Waals surface area contributed by atoms with Crippen molar-refractivity contribution in [1.29, 1.82) is 0 Å². The first-order valence-electron chi connectivity index (χ1n) is 16.1. The van der Waals surface area contributed by atoms with Gasteiger partial charge in [-0.1, -0.05) is 56.7 Å². The average molecular weight is 627 g/mol. The van der Waals surface area contributed by atoms with Gasteiger partial charge in [0.15, 0.2) is 0 Å². The highest BCUT2D eigenvalue weighted by atomic mass is 35.5. The van der Waals surface area contributed by atoms with Gasteiger partial charge in [0.05, 0.1) is 11.4 Å². The second kappa shape index (κ2) is 13.7. The first kappa shape index (κ1) is 32.1. The summed E-state index contributed by atoms with van der Waals surface area (Å²) in [6.45, 7) is 7.56. The summed E-state index contributed by atoms with van der Waals surface area (Å²) < 4.78 is 29.7. The van der Waals surface area contributed by atoms with Crippen LogP contribution in [-0.2, 0) is 29.3 Å². The molecule has 8 heteroatoms. The fourth-order valence-corrected chi connectivity index (χ4v) is 9.24. The van der Waals surface area contributed by atoms with Crippen LogP contribution < -0.4 is 9.62 Å². The van der Waals surface area contributed by atoms with Crippen molar-refractivity contribution < 1.29 is 18.3 Å². The summed E-state index contributed by atoms with van der Waals surface area (Å²) in [5, 5.41) is 11.2. The smallest absolute Gasteiger partial charge is 0.264 e. The third kappa shape index (κ3) is 7.66. The summed E-state index contributed by atoms with van der Waals surface area (Å²) in [6.07, 6.45) is 10.9. The zero-order valence-corrected chi connectivity index (χ0v) is 27.3. The van der Waals surface area contributed by atoms with Crippen LogP contribution >= 0.6 is 11.6 Å². The van der Waals surface area contributed by atoms with Crippen LogP contribution in [0.3, 0.4) is 0 Å². The maximum absolute atomic E-state index is 13.7. The van der Waals surface area contributed by atoms with Gasteiger partial charge < -0.3 is 10.0 Å². The number of halogens is 1. The molecule has 1 fully saturated rings. The summed E-state index contributed by atoms with van der Waals surface area (Å²) in [6, 6.07) is 11.9. The van der Waals surface area contributed by atoms with E-state index in [1.54, 1.807) is 6.07 Å². The molecule has 5 atom stereocenters. The average Bonchev–Trinajstić information content (AvgIpc) is 2.96. The third-order valence-electron chi connectivity index (χ3n) is 9.83. The van der Waals surface area contributed by atoms with Crippen molar-refractivity contribution in [3.63, 3.8) is 0 Å². The van der Waals surface area contributed by atoms with Crippen LogP contribution in [0.2, 0.25) is 5.02 Å². The first-order valence-corrected chi connectivity index (χ1v) is 18.0. The van der Waals surface area contributed by atoms with Gasteiger partial charge in [0.2, 0.25) is 10.0 Å². The standard InChI is InChI=1S/C35H47ClN2O4S/c1-23(2)19-34-24(3)7-6-9-33(39)31-17-15-29(31)22-38-18-5-4-8-27-20-30(36)16-14-25(27)10-11-26-12-13-28(21-32(26)38)35(40)37-43(34,41)42/h6,9,12-14,16,20-21,23-24,29,31,33-34,39H,4-5,7-8,10-11,15,17-19,22H2,1-3H3,(H,37,40)/b9-6+/t24-,29+,31-,33+,34?/m1/s1. The molecule has 0 spiro atoms. The zero-order valence-electron chi connectivity index (χ0n) is 25.8. The number of carbonyl (C=O) groups is 1. The predicted octanol–water partition coefficient (Wildman–Crippen LogP) is 6.73. The number of carbonyl (C=O) groups excluding carboxylic acids is 1. The van der Waals surface area contributed by atoms with E-state index in [-0.39, 0.29) is 17.8 Å². The van der Waals surface area contributed by atoms with Crippen LogP contribution in [-0.4, -0.2) is 43.9 Å². The van der Waals surface area contributed by atoms with Gasteiger partial charge in [-0.2, -0.15) is 0 Å². The van der Waals surface area contributed by atoms with E-state index in [2.05, 4.69) is 21.8 Å². The van der Waals surface area contributed by atoms with E-state index in [0.29, 0.717) is 24.3 Å². The number of allylic oxidation sites excluding steroid dienone is 1. The topological polar surface area (TPSA) is 86.7 Å². The Labute approximate surface area is 263 Å². The van der Waals surface area contributed by atoms with Crippen molar-refractivity contribution in [2.75, 3.05) is 18.0 Å². The molecule has 234 valence electrons. The molecule has 2 heterocycles. The Kier molecular flexibility index (Phi) is 10.2.